The summed E-state index contributed by atoms with van der Waals surface area (Å²) in [7, 11) is 6.38. The molecule has 0 bridgehead atoms. The molecule has 1 aliphatic heterocycles. The van der Waals surface area contributed by atoms with Crippen molar-refractivity contribution in [1.82, 2.24) is 0 Å². The predicted molar refractivity (Wildman–Crippen MR) is 135 cm³/mol. The van der Waals surface area contributed by atoms with Gasteiger partial charge in [0, 0.05) is 22.6 Å². The Balaban J connectivity index is 2.10. The number of esters is 1. The van der Waals surface area contributed by atoms with E-state index >= 15 is 0 Å². The standard InChI is InChI=1S/C28H36O8/c1-9-14(2)28(29)36-23-16(4)15(3)10-17-11-19(30-5)24(31-6)26(32-7)21(17)22-18(23)12-20-25(27(22)33-8)35-13-34-20/h11-12,14-16,23H,9-10,13H2,1-8H3/t14-,15-,16-,23+/m1/s1. The Morgan fingerprint density at radius 1 is 0.972 bits per heavy atom. The second-order valence-electron chi connectivity index (χ2n) is 9.49. The third-order valence-corrected chi connectivity index (χ3v) is 7.50. The van der Waals surface area contributed by atoms with E-state index in [2.05, 4.69) is 13.8 Å². The molecule has 8 heteroatoms. The maximum absolute atomic E-state index is 13.1. The van der Waals surface area contributed by atoms with Crippen LogP contribution in [0.2, 0.25) is 0 Å². The Bertz CT molecular complexity index is 1140. The summed E-state index contributed by atoms with van der Waals surface area (Å²) >= 11 is 0. The first-order chi connectivity index (χ1) is 17.3. The maximum atomic E-state index is 13.1. The zero-order valence-corrected chi connectivity index (χ0v) is 22.4. The molecule has 0 unspecified atom stereocenters. The number of fused-ring (bicyclic) bond motifs is 4. The highest BCUT2D eigenvalue weighted by Gasteiger charge is 2.40. The summed E-state index contributed by atoms with van der Waals surface area (Å²) in [5.41, 5.74) is 3.31. The minimum atomic E-state index is -0.536. The highest BCUT2D eigenvalue weighted by Crippen LogP contribution is 2.58. The van der Waals surface area contributed by atoms with Gasteiger partial charge in [0.15, 0.2) is 23.0 Å². The monoisotopic (exact) mass is 500 g/mol. The zero-order chi connectivity index (χ0) is 26.1. The number of ether oxygens (including phenoxy) is 7. The quantitative estimate of drug-likeness (QED) is 0.456. The van der Waals surface area contributed by atoms with Crippen LogP contribution in [0.15, 0.2) is 12.1 Å². The highest BCUT2D eigenvalue weighted by molar-refractivity contribution is 5.89. The molecule has 2 aromatic carbocycles. The van der Waals surface area contributed by atoms with Gasteiger partial charge in [0.05, 0.1) is 34.4 Å². The van der Waals surface area contributed by atoms with Crippen LogP contribution in [-0.2, 0) is 16.0 Å². The van der Waals surface area contributed by atoms with Crippen molar-refractivity contribution in [3.05, 3.63) is 23.3 Å². The van der Waals surface area contributed by atoms with Crippen LogP contribution in [0.5, 0.6) is 34.5 Å². The van der Waals surface area contributed by atoms with Crippen molar-refractivity contribution in [2.24, 2.45) is 17.8 Å². The second-order valence-corrected chi connectivity index (χ2v) is 9.49. The summed E-state index contributed by atoms with van der Waals surface area (Å²) in [5, 5.41) is 0. The molecule has 36 heavy (non-hydrogen) atoms. The summed E-state index contributed by atoms with van der Waals surface area (Å²) in [6, 6.07) is 3.89. The average Bonchev–Trinajstić information content (AvgIpc) is 3.36. The van der Waals surface area contributed by atoms with E-state index in [0.29, 0.717) is 47.3 Å². The molecular weight excluding hydrogens is 464 g/mol. The van der Waals surface area contributed by atoms with E-state index in [1.807, 2.05) is 26.0 Å². The Labute approximate surface area is 212 Å². The largest absolute Gasteiger partial charge is 0.493 e. The predicted octanol–water partition coefficient (Wildman–Crippen LogP) is 5.58. The molecule has 0 amide bonds. The number of carbonyl (C=O) groups is 1. The fraction of sp³-hybridized carbons (Fsp3) is 0.536. The van der Waals surface area contributed by atoms with E-state index in [0.717, 1.165) is 22.3 Å². The molecule has 4 atom stereocenters. The van der Waals surface area contributed by atoms with Gasteiger partial charge in [-0.2, -0.15) is 0 Å². The van der Waals surface area contributed by atoms with Crippen molar-refractivity contribution in [2.45, 2.75) is 46.6 Å². The van der Waals surface area contributed by atoms with Crippen LogP contribution in [0.1, 0.15) is 51.3 Å². The minimum Gasteiger partial charge on any atom is -0.493 e. The number of carbonyl (C=O) groups excluding carboxylic acids is 1. The number of hydrogen-bond donors (Lipinski definition) is 0. The van der Waals surface area contributed by atoms with Gasteiger partial charge in [0.2, 0.25) is 18.3 Å². The van der Waals surface area contributed by atoms with Gasteiger partial charge in [0.25, 0.3) is 0 Å². The minimum absolute atomic E-state index is 0.00549. The summed E-state index contributed by atoms with van der Waals surface area (Å²) < 4.78 is 41.1. The smallest absolute Gasteiger partial charge is 0.309 e. The maximum Gasteiger partial charge on any atom is 0.309 e. The normalized spacial score (nSPS) is 20.8. The van der Waals surface area contributed by atoms with Crippen LogP contribution >= 0.6 is 0 Å². The van der Waals surface area contributed by atoms with E-state index in [-0.39, 0.29) is 30.5 Å². The van der Waals surface area contributed by atoms with E-state index < -0.39 is 6.10 Å². The Hall–Kier alpha value is -3.29. The molecule has 2 aromatic rings. The summed E-state index contributed by atoms with van der Waals surface area (Å²) in [6.07, 6.45) is 0.855. The molecule has 0 N–H and O–H groups in total. The van der Waals surface area contributed by atoms with Crippen LogP contribution in [0.4, 0.5) is 0 Å². The van der Waals surface area contributed by atoms with Gasteiger partial charge in [-0.1, -0.05) is 27.7 Å². The van der Waals surface area contributed by atoms with E-state index in [9.17, 15) is 4.79 Å². The van der Waals surface area contributed by atoms with Crippen molar-refractivity contribution < 1.29 is 38.0 Å². The van der Waals surface area contributed by atoms with Gasteiger partial charge < -0.3 is 33.2 Å². The molecule has 0 aromatic heterocycles. The van der Waals surface area contributed by atoms with Gasteiger partial charge in [-0.05, 0) is 36.5 Å². The lowest BCUT2D eigenvalue weighted by Gasteiger charge is -2.35. The van der Waals surface area contributed by atoms with Crippen molar-refractivity contribution in [3.63, 3.8) is 0 Å². The fourth-order valence-electron chi connectivity index (χ4n) is 5.04. The SMILES string of the molecule is CC[C@@H](C)C(=O)O[C@@H]1c2cc3c(c(OC)c2-c2c(cc(OC)c(OC)c2OC)C[C@@H](C)[C@H]1C)OCO3. The number of hydrogen-bond acceptors (Lipinski definition) is 8. The van der Waals surface area contributed by atoms with Gasteiger partial charge in [-0.15, -0.1) is 0 Å². The van der Waals surface area contributed by atoms with Crippen molar-refractivity contribution in [3.8, 4) is 45.6 Å². The molecule has 1 heterocycles. The zero-order valence-electron chi connectivity index (χ0n) is 22.4. The second kappa shape index (κ2) is 10.4. The van der Waals surface area contributed by atoms with Gasteiger partial charge in [-0.3, -0.25) is 4.79 Å². The first-order valence-electron chi connectivity index (χ1n) is 12.3. The molecule has 1 aliphatic carbocycles. The van der Waals surface area contributed by atoms with Gasteiger partial charge in [-0.25, -0.2) is 0 Å². The average molecular weight is 501 g/mol. The van der Waals surface area contributed by atoms with Crippen LogP contribution < -0.4 is 28.4 Å². The van der Waals surface area contributed by atoms with E-state index in [4.69, 9.17) is 33.2 Å². The van der Waals surface area contributed by atoms with E-state index in [1.165, 1.54) is 0 Å². The number of rotatable bonds is 7. The molecule has 4 rings (SSSR count). The van der Waals surface area contributed by atoms with E-state index in [1.54, 1.807) is 28.4 Å². The van der Waals surface area contributed by atoms with Crippen LogP contribution in [0, 0.1) is 17.8 Å². The first-order valence-corrected chi connectivity index (χ1v) is 12.3. The lowest BCUT2D eigenvalue weighted by atomic mass is 9.75. The van der Waals surface area contributed by atoms with Crippen molar-refractivity contribution >= 4 is 5.97 Å². The molecule has 0 fully saturated rings. The van der Waals surface area contributed by atoms with Gasteiger partial charge in [0.1, 0.15) is 6.10 Å². The molecule has 2 aliphatic rings. The molecule has 8 nitrogen and oxygen atoms in total. The van der Waals surface area contributed by atoms with Crippen molar-refractivity contribution in [2.75, 3.05) is 35.2 Å². The summed E-state index contributed by atoms with van der Waals surface area (Å²) in [6.45, 7) is 8.22. The Morgan fingerprint density at radius 2 is 1.67 bits per heavy atom. The topological polar surface area (TPSA) is 81.7 Å². The fourth-order valence-corrected chi connectivity index (χ4v) is 5.04. The lowest BCUT2D eigenvalue weighted by molar-refractivity contribution is -0.157. The number of methoxy groups -OCH3 is 4. The Morgan fingerprint density at radius 3 is 2.28 bits per heavy atom. The first kappa shape index (κ1) is 25.8. The van der Waals surface area contributed by atoms with Crippen molar-refractivity contribution in [1.29, 1.82) is 0 Å². The Kier molecular flexibility index (Phi) is 7.43. The third-order valence-electron chi connectivity index (χ3n) is 7.50. The molecule has 196 valence electrons. The van der Waals surface area contributed by atoms with Crippen LogP contribution in [0.25, 0.3) is 11.1 Å². The van der Waals surface area contributed by atoms with Crippen LogP contribution in [-0.4, -0.2) is 41.2 Å². The van der Waals surface area contributed by atoms with Crippen LogP contribution in [0.3, 0.4) is 0 Å². The molecule has 0 saturated carbocycles. The molecule has 0 spiro atoms. The third kappa shape index (κ3) is 4.16. The highest BCUT2D eigenvalue weighted by atomic mass is 16.7. The molecule has 0 radical (unpaired) electrons. The van der Waals surface area contributed by atoms with Gasteiger partial charge >= 0.3 is 5.97 Å². The molecule has 0 saturated heterocycles. The number of benzene rings is 2. The lowest BCUT2D eigenvalue weighted by Crippen LogP contribution is -2.28. The molecular formula is C28H36O8. The summed E-state index contributed by atoms with van der Waals surface area (Å²) in [4.78, 5) is 13.1. The summed E-state index contributed by atoms with van der Waals surface area (Å²) in [5.74, 6) is 2.82.